The van der Waals surface area contributed by atoms with Crippen molar-refractivity contribution >= 4 is 17.2 Å². The Labute approximate surface area is 125 Å². The number of carbonyl (C=O) groups is 1. The molecule has 1 aromatic carbocycles. The molecule has 0 radical (unpaired) electrons. The smallest absolute Gasteiger partial charge is 0.273 e. The molecular formula is C14H15F2N3OS. The molecule has 1 aromatic heterocycles. The van der Waals surface area contributed by atoms with Crippen molar-refractivity contribution in [1.82, 2.24) is 15.2 Å². The highest BCUT2D eigenvalue weighted by Gasteiger charge is 2.19. The van der Waals surface area contributed by atoms with E-state index in [9.17, 15) is 13.6 Å². The third-order valence-corrected chi connectivity index (χ3v) is 3.80. The fourth-order valence-corrected chi connectivity index (χ4v) is 2.61. The molecule has 2 rings (SSSR count). The lowest BCUT2D eigenvalue weighted by Crippen LogP contribution is -2.32. The average molecular weight is 311 g/mol. The standard InChI is InChI=1S/C14H15F2N3OS/c1-17-6-7-19(2)14(20)11-8-21-13(18-11)12-9(15)4-3-5-10(12)16/h3-5,8,17H,6-7H2,1-2H3. The number of benzene rings is 1. The fraction of sp³-hybridized carbons (Fsp3) is 0.286. The Balaban J connectivity index is 2.24. The maximum absolute atomic E-state index is 13.7. The highest BCUT2D eigenvalue weighted by Crippen LogP contribution is 2.29. The topological polar surface area (TPSA) is 45.2 Å². The van der Waals surface area contributed by atoms with E-state index in [2.05, 4.69) is 10.3 Å². The summed E-state index contributed by atoms with van der Waals surface area (Å²) in [6.07, 6.45) is 0. The minimum absolute atomic E-state index is 0.163. The SMILES string of the molecule is CNCCN(C)C(=O)c1csc(-c2c(F)cccc2F)n1. The Hall–Kier alpha value is -1.86. The molecule has 4 nitrogen and oxygen atoms in total. The van der Waals surface area contributed by atoms with Gasteiger partial charge in [0.25, 0.3) is 5.91 Å². The number of rotatable bonds is 5. The Morgan fingerprint density at radius 2 is 2.05 bits per heavy atom. The summed E-state index contributed by atoms with van der Waals surface area (Å²) in [4.78, 5) is 17.7. The minimum atomic E-state index is -0.688. The second-order valence-electron chi connectivity index (χ2n) is 4.46. The molecule has 0 atom stereocenters. The van der Waals surface area contributed by atoms with Gasteiger partial charge in [0.05, 0.1) is 5.56 Å². The molecule has 2 aromatic rings. The van der Waals surface area contributed by atoms with E-state index in [0.717, 1.165) is 11.3 Å². The molecule has 0 fully saturated rings. The molecule has 7 heteroatoms. The Bertz CT molecular complexity index is 625. The van der Waals surface area contributed by atoms with E-state index < -0.39 is 11.6 Å². The zero-order valence-electron chi connectivity index (χ0n) is 11.7. The summed E-state index contributed by atoms with van der Waals surface area (Å²) in [5.74, 6) is -1.65. The first-order valence-corrected chi connectivity index (χ1v) is 7.22. The molecule has 0 aliphatic rings. The van der Waals surface area contributed by atoms with Crippen molar-refractivity contribution in [2.24, 2.45) is 0 Å². The quantitative estimate of drug-likeness (QED) is 0.922. The van der Waals surface area contributed by atoms with Crippen molar-refractivity contribution in [3.8, 4) is 10.6 Å². The third-order valence-electron chi connectivity index (χ3n) is 2.94. The van der Waals surface area contributed by atoms with Crippen molar-refractivity contribution in [3.05, 3.63) is 40.9 Å². The monoisotopic (exact) mass is 311 g/mol. The van der Waals surface area contributed by atoms with E-state index in [0.29, 0.717) is 13.1 Å². The first kappa shape index (κ1) is 15.5. The lowest BCUT2D eigenvalue weighted by atomic mass is 10.2. The lowest BCUT2D eigenvalue weighted by Gasteiger charge is -2.15. The van der Waals surface area contributed by atoms with Crippen LogP contribution in [-0.2, 0) is 0 Å². The molecule has 0 saturated heterocycles. The van der Waals surface area contributed by atoms with Gasteiger partial charge in [-0.15, -0.1) is 11.3 Å². The summed E-state index contributed by atoms with van der Waals surface area (Å²) in [7, 11) is 3.45. The summed E-state index contributed by atoms with van der Waals surface area (Å²) in [6.45, 7) is 1.18. The number of thiazole rings is 1. The minimum Gasteiger partial charge on any atom is -0.339 e. The van der Waals surface area contributed by atoms with Gasteiger partial charge in [-0.2, -0.15) is 0 Å². The van der Waals surface area contributed by atoms with Crippen LogP contribution in [0.2, 0.25) is 0 Å². The molecule has 21 heavy (non-hydrogen) atoms. The van der Waals surface area contributed by atoms with E-state index >= 15 is 0 Å². The molecule has 1 N–H and O–H groups in total. The molecule has 0 saturated carbocycles. The number of nitrogens with one attached hydrogen (secondary N) is 1. The van der Waals surface area contributed by atoms with Gasteiger partial charge in [-0.25, -0.2) is 13.8 Å². The van der Waals surface area contributed by atoms with Crippen LogP contribution < -0.4 is 5.32 Å². The van der Waals surface area contributed by atoms with Gasteiger partial charge >= 0.3 is 0 Å². The van der Waals surface area contributed by atoms with Gasteiger partial charge in [0, 0.05) is 25.5 Å². The van der Waals surface area contributed by atoms with Gasteiger partial charge < -0.3 is 10.2 Å². The van der Waals surface area contributed by atoms with Gasteiger partial charge in [-0.05, 0) is 19.2 Å². The highest BCUT2D eigenvalue weighted by atomic mass is 32.1. The Morgan fingerprint density at radius 3 is 2.67 bits per heavy atom. The number of nitrogens with zero attached hydrogens (tertiary/aromatic N) is 2. The second-order valence-corrected chi connectivity index (χ2v) is 5.32. The van der Waals surface area contributed by atoms with Gasteiger partial charge in [0.1, 0.15) is 22.3 Å². The third kappa shape index (κ3) is 3.43. The zero-order valence-corrected chi connectivity index (χ0v) is 12.5. The van der Waals surface area contributed by atoms with Gasteiger partial charge in [-0.1, -0.05) is 6.07 Å². The number of amides is 1. The molecule has 1 amide bonds. The molecular weight excluding hydrogens is 296 g/mol. The van der Waals surface area contributed by atoms with Crippen LogP contribution in [0.3, 0.4) is 0 Å². The number of hydrogen-bond donors (Lipinski definition) is 1. The molecule has 0 aliphatic heterocycles. The molecule has 0 spiro atoms. The predicted octanol–water partition coefficient (Wildman–Crippen LogP) is 2.38. The zero-order chi connectivity index (χ0) is 15.4. The summed E-state index contributed by atoms with van der Waals surface area (Å²) in [5.41, 5.74) is -0.00400. The van der Waals surface area contributed by atoms with Crippen LogP contribution in [0, 0.1) is 11.6 Å². The van der Waals surface area contributed by atoms with Crippen LogP contribution in [0.1, 0.15) is 10.5 Å². The van der Waals surface area contributed by atoms with Crippen molar-refractivity contribution in [3.63, 3.8) is 0 Å². The summed E-state index contributed by atoms with van der Waals surface area (Å²) >= 11 is 1.05. The van der Waals surface area contributed by atoms with E-state index in [1.54, 1.807) is 14.1 Å². The maximum Gasteiger partial charge on any atom is 0.273 e. The van der Waals surface area contributed by atoms with Crippen LogP contribution >= 0.6 is 11.3 Å². The molecule has 0 bridgehead atoms. The van der Waals surface area contributed by atoms with Gasteiger partial charge in [0.15, 0.2) is 0 Å². The normalized spacial score (nSPS) is 10.7. The van der Waals surface area contributed by atoms with Gasteiger partial charge in [0.2, 0.25) is 0 Å². The van der Waals surface area contributed by atoms with Crippen LogP contribution in [0.4, 0.5) is 8.78 Å². The van der Waals surface area contributed by atoms with Gasteiger partial charge in [-0.3, -0.25) is 4.79 Å². The number of carbonyl (C=O) groups excluding carboxylic acids is 1. The Kier molecular flexibility index (Phi) is 4.98. The van der Waals surface area contributed by atoms with E-state index in [4.69, 9.17) is 0 Å². The Morgan fingerprint density at radius 1 is 1.38 bits per heavy atom. The predicted molar refractivity (Wildman–Crippen MR) is 78.4 cm³/mol. The first-order chi connectivity index (χ1) is 10.0. The number of likely N-dealkylation sites (N-methyl/N-ethyl adjacent to an activating group) is 2. The molecule has 0 unspecified atom stereocenters. The van der Waals surface area contributed by atoms with Crippen molar-refractivity contribution < 1.29 is 13.6 Å². The summed E-state index contributed by atoms with van der Waals surface area (Å²) < 4.78 is 27.4. The second kappa shape index (κ2) is 6.73. The van der Waals surface area contributed by atoms with E-state index in [1.807, 2.05) is 0 Å². The fourth-order valence-electron chi connectivity index (χ4n) is 1.77. The van der Waals surface area contributed by atoms with E-state index in [1.165, 1.54) is 28.5 Å². The molecule has 0 aliphatic carbocycles. The highest BCUT2D eigenvalue weighted by molar-refractivity contribution is 7.13. The number of halogens is 2. The van der Waals surface area contributed by atoms with Crippen molar-refractivity contribution in [1.29, 1.82) is 0 Å². The number of aromatic nitrogens is 1. The van der Waals surface area contributed by atoms with Crippen molar-refractivity contribution in [2.45, 2.75) is 0 Å². The largest absolute Gasteiger partial charge is 0.339 e. The van der Waals surface area contributed by atoms with Crippen molar-refractivity contribution in [2.75, 3.05) is 27.2 Å². The first-order valence-electron chi connectivity index (χ1n) is 6.34. The summed E-state index contributed by atoms with van der Waals surface area (Å²) in [5, 5.41) is 4.62. The molecule has 112 valence electrons. The maximum atomic E-state index is 13.7. The summed E-state index contributed by atoms with van der Waals surface area (Å²) in [6, 6.07) is 3.63. The van der Waals surface area contributed by atoms with Crippen LogP contribution in [0.25, 0.3) is 10.6 Å². The van der Waals surface area contributed by atoms with Crippen LogP contribution in [0.15, 0.2) is 23.6 Å². The van der Waals surface area contributed by atoms with E-state index in [-0.39, 0.29) is 22.2 Å². The average Bonchev–Trinajstić information content (AvgIpc) is 2.93. The lowest BCUT2D eigenvalue weighted by molar-refractivity contribution is 0.0792. The van der Waals surface area contributed by atoms with Crippen LogP contribution in [0.5, 0.6) is 0 Å². The number of hydrogen-bond acceptors (Lipinski definition) is 4. The molecule has 1 heterocycles. The van der Waals surface area contributed by atoms with Crippen LogP contribution in [-0.4, -0.2) is 43.0 Å².